The third-order valence-corrected chi connectivity index (χ3v) is 5.84. The molecule has 138 valence electrons. The Balaban J connectivity index is 1.91. The Labute approximate surface area is 166 Å². The van der Waals surface area contributed by atoms with Crippen molar-refractivity contribution in [2.45, 2.75) is 46.0 Å². The Kier molecular flexibility index (Phi) is 6.42. The van der Waals surface area contributed by atoms with Crippen molar-refractivity contribution in [3.63, 3.8) is 0 Å². The molecule has 0 N–H and O–H groups in total. The second kappa shape index (κ2) is 8.97. The van der Waals surface area contributed by atoms with Crippen LogP contribution in [0.3, 0.4) is 0 Å². The highest BCUT2D eigenvalue weighted by atomic mass is 32.1. The van der Waals surface area contributed by atoms with E-state index >= 15 is 0 Å². The Morgan fingerprint density at radius 2 is 2.15 bits per heavy atom. The number of nitriles is 1. The van der Waals surface area contributed by atoms with Gasteiger partial charge >= 0.3 is 0 Å². The topological polar surface area (TPSA) is 36.7 Å². The summed E-state index contributed by atoms with van der Waals surface area (Å²) in [5.74, 6) is 0.531. The van der Waals surface area contributed by atoms with Gasteiger partial charge in [0.15, 0.2) is 0 Å². The molecule has 27 heavy (non-hydrogen) atoms. The van der Waals surface area contributed by atoms with Gasteiger partial charge in [-0.3, -0.25) is 0 Å². The monoisotopic (exact) mass is 374 g/mol. The van der Waals surface area contributed by atoms with Crippen LogP contribution in [0.4, 0.5) is 0 Å². The summed E-state index contributed by atoms with van der Waals surface area (Å²) in [5.41, 5.74) is 5.26. The van der Waals surface area contributed by atoms with Crippen LogP contribution >= 0.6 is 11.3 Å². The average Bonchev–Trinajstić information content (AvgIpc) is 3.15. The second-order valence-corrected chi connectivity index (χ2v) is 8.50. The zero-order chi connectivity index (χ0) is 19.2. The van der Waals surface area contributed by atoms with Gasteiger partial charge in [-0.05, 0) is 60.8 Å². The first-order valence-corrected chi connectivity index (χ1v) is 10.4. The van der Waals surface area contributed by atoms with E-state index in [1.54, 1.807) is 11.3 Å². The van der Waals surface area contributed by atoms with Crippen molar-refractivity contribution in [2.75, 3.05) is 0 Å². The highest BCUT2D eigenvalue weighted by Gasteiger charge is 2.13. The summed E-state index contributed by atoms with van der Waals surface area (Å²) in [7, 11) is 0. The van der Waals surface area contributed by atoms with Crippen molar-refractivity contribution in [1.82, 2.24) is 4.98 Å². The van der Waals surface area contributed by atoms with Crippen molar-refractivity contribution >= 4 is 16.9 Å². The smallest absolute Gasteiger partial charge is 0.123 e. The van der Waals surface area contributed by atoms with Crippen molar-refractivity contribution in [1.29, 1.82) is 5.26 Å². The van der Waals surface area contributed by atoms with Gasteiger partial charge in [-0.1, -0.05) is 50.8 Å². The molecule has 0 amide bonds. The van der Waals surface area contributed by atoms with Crippen LogP contribution in [0.1, 0.15) is 55.5 Å². The summed E-state index contributed by atoms with van der Waals surface area (Å²) >= 11 is 1.67. The largest absolute Gasteiger partial charge is 0.244 e. The maximum atomic E-state index is 9.54. The second-order valence-electron chi connectivity index (χ2n) is 7.47. The number of hydrogen-bond donors (Lipinski definition) is 0. The predicted molar refractivity (Wildman–Crippen MR) is 116 cm³/mol. The molecule has 0 spiro atoms. The van der Waals surface area contributed by atoms with E-state index in [9.17, 15) is 5.26 Å². The first-order valence-electron chi connectivity index (χ1n) is 9.63. The number of hydrogen-bond acceptors (Lipinski definition) is 3. The molecule has 0 atom stereocenters. The van der Waals surface area contributed by atoms with E-state index in [1.165, 1.54) is 24.0 Å². The molecule has 1 heterocycles. The third-order valence-electron chi connectivity index (χ3n) is 4.76. The number of allylic oxidation sites excluding steroid dienone is 5. The molecule has 3 rings (SSSR count). The van der Waals surface area contributed by atoms with Gasteiger partial charge in [-0.25, -0.2) is 4.98 Å². The third kappa shape index (κ3) is 4.84. The fourth-order valence-electron chi connectivity index (χ4n) is 3.33. The van der Waals surface area contributed by atoms with E-state index in [1.807, 2.05) is 12.3 Å². The molecule has 0 saturated heterocycles. The highest BCUT2D eigenvalue weighted by molar-refractivity contribution is 7.16. The molecular formula is C24H26N2S. The minimum absolute atomic E-state index is 0.531. The Hall–Kier alpha value is -2.44. The molecule has 0 bridgehead atoms. The quantitative estimate of drug-likeness (QED) is 0.580. The molecule has 0 fully saturated rings. The summed E-state index contributed by atoms with van der Waals surface area (Å²) < 4.78 is 0. The van der Waals surface area contributed by atoms with Gasteiger partial charge in [0, 0.05) is 11.8 Å². The molecule has 0 aliphatic heterocycles. The molecule has 0 unspecified atom stereocenters. The van der Waals surface area contributed by atoms with Crippen LogP contribution in [0.25, 0.3) is 16.1 Å². The predicted octanol–water partition coefficient (Wildman–Crippen LogP) is 6.95. The van der Waals surface area contributed by atoms with Crippen LogP contribution in [-0.4, -0.2) is 4.98 Å². The molecule has 3 heteroatoms. The zero-order valence-corrected chi connectivity index (χ0v) is 17.0. The zero-order valence-electron chi connectivity index (χ0n) is 16.2. The van der Waals surface area contributed by atoms with Crippen molar-refractivity contribution in [3.05, 3.63) is 70.8 Å². The van der Waals surface area contributed by atoms with Gasteiger partial charge in [0.1, 0.15) is 5.01 Å². The van der Waals surface area contributed by atoms with E-state index in [0.29, 0.717) is 5.92 Å². The molecule has 2 nitrogen and oxygen atoms in total. The summed E-state index contributed by atoms with van der Waals surface area (Å²) in [4.78, 5) is 5.79. The van der Waals surface area contributed by atoms with Crippen LogP contribution in [0.15, 0.2) is 54.8 Å². The van der Waals surface area contributed by atoms with E-state index in [-0.39, 0.29) is 0 Å². The van der Waals surface area contributed by atoms with Crippen molar-refractivity contribution in [2.24, 2.45) is 5.92 Å². The Morgan fingerprint density at radius 3 is 2.93 bits per heavy atom. The minimum Gasteiger partial charge on any atom is -0.244 e. The van der Waals surface area contributed by atoms with Gasteiger partial charge in [0.2, 0.25) is 0 Å². The molecule has 2 aromatic rings. The van der Waals surface area contributed by atoms with Gasteiger partial charge in [0.05, 0.1) is 16.5 Å². The molecule has 1 aliphatic carbocycles. The summed E-state index contributed by atoms with van der Waals surface area (Å²) in [6, 6.07) is 8.50. The molecule has 1 aromatic heterocycles. The van der Waals surface area contributed by atoms with E-state index in [0.717, 1.165) is 45.8 Å². The number of benzene rings is 1. The van der Waals surface area contributed by atoms with Crippen LogP contribution in [0.5, 0.6) is 0 Å². The van der Waals surface area contributed by atoms with Gasteiger partial charge in [-0.15, -0.1) is 11.3 Å². The van der Waals surface area contributed by atoms with E-state index < -0.39 is 0 Å². The van der Waals surface area contributed by atoms with E-state index in [4.69, 9.17) is 0 Å². The Bertz CT molecular complexity index is 922. The normalized spacial score (nSPS) is 18.1. The fraction of sp³-hybridized carbons (Fsp3) is 0.333. The lowest BCUT2D eigenvalue weighted by Crippen LogP contribution is -1.97. The van der Waals surface area contributed by atoms with Crippen LogP contribution in [0, 0.1) is 17.2 Å². The number of rotatable bonds is 4. The van der Waals surface area contributed by atoms with Gasteiger partial charge in [-0.2, -0.15) is 5.26 Å². The van der Waals surface area contributed by atoms with Crippen molar-refractivity contribution in [3.8, 4) is 16.6 Å². The first-order chi connectivity index (χ1) is 13.1. The molecule has 0 radical (unpaired) electrons. The highest BCUT2D eigenvalue weighted by Crippen LogP contribution is 2.35. The molecule has 1 aromatic carbocycles. The lowest BCUT2D eigenvalue weighted by atomic mass is 9.97. The lowest BCUT2D eigenvalue weighted by molar-refractivity contribution is 0.646. The lowest BCUT2D eigenvalue weighted by Gasteiger charge is -2.08. The molecule has 0 saturated carbocycles. The van der Waals surface area contributed by atoms with Gasteiger partial charge < -0.3 is 0 Å². The number of nitrogens with zero attached hydrogens (tertiary/aromatic N) is 2. The molecular weight excluding hydrogens is 348 g/mol. The van der Waals surface area contributed by atoms with Crippen LogP contribution < -0.4 is 0 Å². The van der Waals surface area contributed by atoms with Crippen molar-refractivity contribution < 1.29 is 0 Å². The first kappa shape index (κ1) is 19.3. The molecule has 1 aliphatic rings. The number of thiazole rings is 1. The van der Waals surface area contributed by atoms with Crippen LogP contribution in [0.2, 0.25) is 0 Å². The maximum absolute atomic E-state index is 9.54. The standard InChI is InChI=1S/C24H26N2S/c1-17(2)13-19-11-12-20(14-21(19)15-25)24-26-16-23(27-24)22-10-8-6-4-5-7-9-18(22)3/h6,8,10-12,14,16-17H,3-5,7,9,13H2,1-2H3/b8-6-,22-10+. The SMILES string of the molecule is C=C1CCCC/C=C\C=C/1c1cnc(-c2ccc(CC(C)C)c(C#N)c2)s1. The van der Waals surface area contributed by atoms with Gasteiger partial charge in [0.25, 0.3) is 0 Å². The maximum Gasteiger partial charge on any atom is 0.123 e. The van der Waals surface area contributed by atoms with E-state index in [2.05, 4.69) is 61.8 Å². The average molecular weight is 375 g/mol. The number of aromatic nitrogens is 1. The van der Waals surface area contributed by atoms with Crippen LogP contribution in [-0.2, 0) is 6.42 Å². The summed E-state index contributed by atoms with van der Waals surface area (Å²) in [6.07, 6.45) is 13.9. The Morgan fingerprint density at radius 1 is 1.30 bits per heavy atom. The fourth-order valence-corrected chi connectivity index (χ4v) is 4.32. The summed E-state index contributed by atoms with van der Waals surface area (Å²) in [5, 5.41) is 10.5. The summed E-state index contributed by atoms with van der Waals surface area (Å²) in [6.45, 7) is 8.65. The minimum atomic E-state index is 0.531.